The number of rotatable bonds is 15. The van der Waals surface area contributed by atoms with Crippen molar-refractivity contribution in [1.29, 1.82) is 0 Å². The first-order valence-electron chi connectivity index (χ1n) is 15.4. The van der Waals surface area contributed by atoms with Crippen LogP contribution >= 0.6 is 7.75 Å². The first-order valence-corrected chi connectivity index (χ1v) is 16.9. The first kappa shape index (κ1) is 36.5. The molecule has 5 atom stereocenters. The molecule has 0 bridgehead atoms. The molecule has 0 amide bonds. The number of hydrogen-bond donors (Lipinski definition) is 2. The molecule has 1 aromatic carbocycles. The van der Waals surface area contributed by atoms with Crippen molar-refractivity contribution in [3.63, 3.8) is 0 Å². The van der Waals surface area contributed by atoms with E-state index in [-0.39, 0.29) is 36.7 Å². The largest absolute Gasteiger partial charge is 0.462 e. The Morgan fingerprint density at radius 3 is 2.50 bits per heavy atom. The maximum absolute atomic E-state index is 14.4. The van der Waals surface area contributed by atoms with Gasteiger partial charge in [0, 0.05) is 26.1 Å². The average Bonchev–Trinajstić information content (AvgIpc) is 3.62. The Kier molecular flexibility index (Phi) is 11.6. The molecule has 0 saturated carbocycles. The fraction of sp³-hybridized carbons (Fsp3) is 0.484. The van der Waals surface area contributed by atoms with Crippen molar-refractivity contribution in [2.75, 3.05) is 26.0 Å². The summed E-state index contributed by atoms with van der Waals surface area (Å²) in [5, 5.41) is 6.93. The molecule has 1 fully saturated rings. The second-order valence-corrected chi connectivity index (χ2v) is 12.9. The number of hydrogen-bond acceptors (Lipinski definition) is 14. The van der Waals surface area contributed by atoms with Gasteiger partial charge in [0.1, 0.15) is 23.6 Å². The number of ether oxygens (including phenoxy) is 4. The zero-order valence-corrected chi connectivity index (χ0v) is 28.5. The predicted octanol–water partition coefficient (Wildman–Crippen LogP) is 3.38. The molecule has 3 aromatic rings. The normalized spacial score (nSPS) is 22.8. The Morgan fingerprint density at radius 1 is 1.15 bits per heavy atom. The van der Waals surface area contributed by atoms with Crippen LogP contribution in [-0.4, -0.2) is 82.8 Å². The molecule has 1 aliphatic heterocycles. The zero-order chi connectivity index (χ0) is 35.1. The molecule has 0 aliphatic carbocycles. The maximum Gasteiger partial charge on any atom is 0.459 e. The number of aromatic nitrogens is 3. The van der Waals surface area contributed by atoms with Gasteiger partial charge in [-0.3, -0.25) is 23.9 Å². The Hall–Kier alpha value is -4.37. The molecule has 17 heteroatoms. The highest BCUT2D eigenvalue weighted by atomic mass is 31.2. The number of aliphatic imine (C=N–C) groups is 1. The zero-order valence-electron chi connectivity index (χ0n) is 27.7. The number of nitrogens with zero attached hydrogens (tertiary/aromatic N) is 4. The van der Waals surface area contributed by atoms with E-state index in [1.54, 1.807) is 70.2 Å². The number of benzene rings is 1. The summed E-state index contributed by atoms with van der Waals surface area (Å²) in [6.45, 7) is 6.99. The molecule has 0 radical (unpaired) electrons. The molecule has 2 aromatic heterocycles. The minimum atomic E-state index is -4.44. The van der Waals surface area contributed by atoms with Crippen LogP contribution in [0.2, 0.25) is 0 Å². The lowest BCUT2D eigenvalue weighted by Crippen LogP contribution is -2.56. The summed E-state index contributed by atoms with van der Waals surface area (Å²) < 4.78 is 51.4. The van der Waals surface area contributed by atoms with Gasteiger partial charge in [-0.15, -0.1) is 0 Å². The van der Waals surface area contributed by atoms with Crippen molar-refractivity contribution in [2.24, 2.45) is 4.99 Å². The third kappa shape index (κ3) is 7.84. The molecule has 1 saturated heterocycles. The Labute approximate surface area is 277 Å². The summed E-state index contributed by atoms with van der Waals surface area (Å²) in [4.78, 5) is 47.0. The number of nitrogens with two attached hydrogens (primary N) is 1. The highest BCUT2D eigenvalue weighted by Gasteiger charge is 2.66. The van der Waals surface area contributed by atoms with E-state index in [4.69, 9.17) is 33.7 Å². The highest BCUT2D eigenvalue weighted by molar-refractivity contribution is 7.52. The summed E-state index contributed by atoms with van der Waals surface area (Å²) in [5.74, 6) is -1.70. The lowest BCUT2D eigenvalue weighted by Gasteiger charge is -2.38. The maximum atomic E-state index is 14.4. The molecule has 4 rings (SSSR count). The van der Waals surface area contributed by atoms with Gasteiger partial charge < -0.3 is 29.2 Å². The van der Waals surface area contributed by atoms with Crippen LogP contribution in [0.1, 0.15) is 53.2 Å². The van der Waals surface area contributed by atoms with E-state index in [9.17, 15) is 18.9 Å². The minimum absolute atomic E-state index is 0.0314. The lowest BCUT2D eigenvalue weighted by atomic mass is 9.85. The smallest absolute Gasteiger partial charge is 0.459 e. The van der Waals surface area contributed by atoms with E-state index < -0.39 is 61.7 Å². The van der Waals surface area contributed by atoms with Crippen molar-refractivity contribution in [1.82, 2.24) is 19.7 Å². The van der Waals surface area contributed by atoms with Crippen LogP contribution in [0.25, 0.3) is 5.52 Å². The number of nitrogen functional groups attached to an aromatic ring is 1. The molecular formula is C31H41N6O10P. The van der Waals surface area contributed by atoms with E-state index in [2.05, 4.69) is 20.2 Å². The molecule has 0 unspecified atom stereocenters. The quantitative estimate of drug-likeness (QED) is 0.102. The SMILES string of the molecule is CCC(=O)O[C@@H]1[C@@](C=NC)(CO[P@@](=O)(N[C@@H](C)C(=O)OC(C)C)Oc2ccccc2)OC[C@]1(OC(=O)CC)c1ccc2c(N)ncnn12. The Morgan fingerprint density at radius 2 is 1.85 bits per heavy atom. The van der Waals surface area contributed by atoms with Crippen molar-refractivity contribution in [3.8, 4) is 5.75 Å². The van der Waals surface area contributed by atoms with Crippen LogP contribution in [0.15, 0.2) is 53.8 Å². The van der Waals surface area contributed by atoms with Crippen LogP contribution in [0, 0.1) is 0 Å². The number of para-hydroxylation sites is 1. The first-order chi connectivity index (χ1) is 22.8. The molecule has 16 nitrogen and oxygen atoms in total. The third-order valence-electron chi connectivity index (χ3n) is 7.29. The van der Waals surface area contributed by atoms with E-state index >= 15 is 0 Å². The number of fused-ring (bicyclic) bond motifs is 1. The van der Waals surface area contributed by atoms with Crippen molar-refractivity contribution in [3.05, 3.63) is 54.5 Å². The second kappa shape index (κ2) is 15.2. The molecule has 260 valence electrons. The standard InChI is InChI=1S/C31H41N6O10P/c1-7-25(38)45-29-30(16-33-6,17-43-48(41,47-22-12-10-9-11-13-22)36-21(5)28(40)44-20(3)4)42-18-31(29,46-26(39)8-2)24-15-14-23-27(32)34-19-35-37(23)24/h9-16,19-21,29H,7-8,17-18H2,1-6H3,(H,36,41)(H2,32,34,35)/t21-,29+,30+,31-,48-/m0/s1. The summed E-state index contributed by atoms with van der Waals surface area (Å²) >= 11 is 0. The van der Waals surface area contributed by atoms with Gasteiger partial charge in [0.2, 0.25) is 5.60 Å². The number of carbonyl (C=O) groups is 3. The van der Waals surface area contributed by atoms with Gasteiger partial charge >= 0.3 is 25.7 Å². The van der Waals surface area contributed by atoms with Crippen LogP contribution in [0.4, 0.5) is 5.82 Å². The van der Waals surface area contributed by atoms with E-state index in [0.717, 1.165) is 0 Å². The van der Waals surface area contributed by atoms with Crippen LogP contribution in [-0.2, 0) is 48.0 Å². The third-order valence-corrected chi connectivity index (χ3v) is 8.92. The number of nitrogens with one attached hydrogen (secondary N) is 1. The van der Waals surface area contributed by atoms with Crippen molar-refractivity contribution >= 4 is 43.2 Å². The van der Waals surface area contributed by atoms with Gasteiger partial charge in [-0.2, -0.15) is 10.2 Å². The number of anilines is 1. The summed E-state index contributed by atoms with van der Waals surface area (Å²) in [5.41, 5.74) is 3.09. The molecule has 3 N–H and O–H groups in total. The van der Waals surface area contributed by atoms with Crippen molar-refractivity contribution < 1.29 is 46.9 Å². The van der Waals surface area contributed by atoms with Gasteiger partial charge in [0.15, 0.2) is 17.5 Å². The molecule has 0 spiro atoms. The van der Waals surface area contributed by atoms with Gasteiger partial charge in [-0.1, -0.05) is 32.0 Å². The number of esters is 3. The lowest BCUT2D eigenvalue weighted by molar-refractivity contribution is -0.186. The van der Waals surface area contributed by atoms with E-state index in [1.165, 1.54) is 31.0 Å². The summed E-state index contributed by atoms with van der Waals surface area (Å²) in [6.07, 6.45) is 0.542. The van der Waals surface area contributed by atoms with Crippen molar-refractivity contribution in [2.45, 2.75) is 76.9 Å². The summed E-state index contributed by atoms with van der Waals surface area (Å²) in [6, 6.07) is 10.3. The fourth-order valence-electron chi connectivity index (χ4n) is 5.09. The van der Waals surface area contributed by atoms with Crippen LogP contribution in [0.3, 0.4) is 0 Å². The van der Waals surface area contributed by atoms with E-state index in [0.29, 0.717) is 5.52 Å². The molecular weight excluding hydrogens is 647 g/mol. The monoisotopic (exact) mass is 688 g/mol. The number of carbonyl (C=O) groups excluding carboxylic acids is 3. The molecule has 48 heavy (non-hydrogen) atoms. The minimum Gasteiger partial charge on any atom is -0.462 e. The van der Waals surface area contributed by atoms with Crippen LogP contribution < -0.4 is 15.3 Å². The predicted molar refractivity (Wildman–Crippen MR) is 173 cm³/mol. The van der Waals surface area contributed by atoms with Gasteiger partial charge in [0.25, 0.3) is 0 Å². The van der Waals surface area contributed by atoms with E-state index in [1.807, 2.05) is 0 Å². The second-order valence-electron chi connectivity index (χ2n) is 11.2. The Balaban J connectivity index is 1.82. The topological polar surface area (TPSA) is 204 Å². The average molecular weight is 689 g/mol. The van der Waals surface area contributed by atoms with Gasteiger partial charge in [0.05, 0.1) is 25.0 Å². The van der Waals surface area contributed by atoms with Crippen LogP contribution in [0.5, 0.6) is 5.75 Å². The molecule has 1 aliphatic rings. The Bertz CT molecular complexity index is 1680. The summed E-state index contributed by atoms with van der Waals surface area (Å²) in [7, 11) is -3.00. The molecule has 3 heterocycles. The van der Waals surface area contributed by atoms with Gasteiger partial charge in [-0.25, -0.2) is 14.1 Å². The highest BCUT2D eigenvalue weighted by Crippen LogP contribution is 2.50. The van der Waals surface area contributed by atoms with Gasteiger partial charge in [-0.05, 0) is 45.0 Å². The fourth-order valence-corrected chi connectivity index (χ4v) is 6.62.